The first-order valence-corrected chi connectivity index (χ1v) is 4.74. The van der Waals surface area contributed by atoms with Crippen LogP contribution in [0.1, 0.15) is 25.5 Å². The maximum Gasteiger partial charge on any atom is 0.173 e. The van der Waals surface area contributed by atoms with Crippen LogP contribution >= 0.6 is 11.6 Å². The van der Waals surface area contributed by atoms with Crippen LogP contribution in [-0.2, 0) is 0 Å². The first-order valence-electron chi connectivity index (χ1n) is 4.36. The highest BCUT2D eigenvalue weighted by atomic mass is 35.5. The molecule has 0 aliphatic carbocycles. The van der Waals surface area contributed by atoms with E-state index in [9.17, 15) is 9.50 Å². The molecule has 2 nitrogen and oxygen atoms in total. The summed E-state index contributed by atoms with van der Waals surface area (Å²) in [5, 5.41) is 9.47. The third-order valence-corrected chi connectivity index (χ3v) is 2.12. The van der Waals surface area contributed by atoms with Crippen LogP contribution in [0.25, 0.3) is 0 Å². The van der Waals surface area contributed by atoms with Gasteiger partial charge < -0.3 is 9.84 Å². The predicted molar refractivity (Wildman–Crippen MR) is 53.2 cm³/mol. The largest absolute Gasteiger partial charge is 0.489 e. The average molecular weight is 219 g/mol. The van der Waals surface area contributed by atoms with Gasteiger partial charge in [-0.3, -0.25) is 0 Å². The number of hydrogen-bond acceptors (Lipinski definition) is 2. The van der Waals surface area contributed by atoms with Crippen molar-refractivity contribution in [2.45, 2.75) is 20.0 Å². The number of hydrogen-bond donors (Lipinski definition) is 1. The summed E-state index contributed by atoms with van der Waals surface area (Å²) < 4.78 is 18.6. The zero-order valence-electron chi connectivity index (χ0n) is 8.05. The Kier molecular flexibility index (Phi) is 3.72. The fourth-order valence-corrected chi connectivity index (χ4v) is 1.35. The number of aliphatic hydroxyl groups excluding tert-OH is 1. The number of aliphatic hydroxyl groups is 1. The number of ether oxygens (including phenoxy) is 1. The van der Waals surface area contributed by atoms with Gasteiger partial charge in [0.05, 0.1) is 17.7 Å². The van der Waals surface area contributed by atoms with Gasteiger partial charge in [0, 0.05) is 5.56 Å². The quantitative estimate of drug-likeness (QED) is 0.845. The monoisotopic (exact) mass is 218 g/mol. The number of benzene rings is 1. The van der Waals surface area contributed by atoms with Gasteiger partial charge in [-0.1, -0.05) is 17.7 Å². The van der Waals surface area contributed by atoms with Crippen molar-refractivity contribution in [3.05, 3.63) is 28.5 Å². The molecule has 0 fully saturated rings. The molecule has 0 saturated heterocycles. The van der Waals surface area contributed by atoms with Crippen molar-refractivity contribution in [2.75, 3.05) is 6.61 Å². The minimum Gasteiger partial charge on any atom is -0.489 e. The summed E-state index contributed by atoms with van der Waals surface area (Å²) in [6.45, 7) is 3.56. The van der Waals surface area contributed by atoms with E-state index < -0.39 is 11.9 Å². The summed E-state index contributed by atoms with van der Waals surface area (Å²) in [4.78, 5) is 0. The van der Waals surface area contributed by atoms with E-state index in [0.29, 0.717) is 6.61 Å². The summed E-state index contributed by atoms with van der Waals surface area (Å²) in [5.74, 6) is -0.582. The van der Waals surface area contributed by atoms with Gasteiger partial charge in [0.2, 0.25) is 0 Å². The molecular formula is C10H12ClFO2. The lowest BCUT2D eigenvalue weighted by Gasteiger charge is -2.12. The van der Waals surface area contributed by atoms with Crippen molar-refractivity contribution < 1.29 is 14.2 Å². The van der Waals surface area contributed by atoms with E-state index >= 15 is 0 Å². The third kappa shape index (κ3) is 2.16. The Balaban J connectivity index is 3.19. The van der Waals surface area contributed by atoms with Crippen LogP contribution in [-0.4, -0.2) is 11.7 Å². The molecule has 1 aromatic carbocycles. The normalized spacial score (nSPS) is 12.6. The molecule has 0 heterocycles. The Morgan fingerprint density at radius 3 is 2.71 bits per heavy atom. The molecule has 0 saturated carbocycles. The lowest BCUT2D eigenvalue weighted by molar-refractivity contribution is 0.192. The summed E-state index contributed by atoms with van der Waals surface area (Å²) in [6.07, 6.45) is -0.869. The molecule has 0 aromatic heterocycles. The molecule has 0 aliphatic heterocycles. The molecule has 14 heavy (non-hydrogen) atoms. The highest BCUT2D eigenvalue weighted by Gasteiger charge is 2.16. The van der Waals surface area contributed by atoms with E-state index in [-0.39, 0.29) is 16.3 Å². The van der Waals surface area contributed by atoms with Crippen molar-refractivity contribution in [3.63, 3.8) is 0 Å². The maximum atomic E-state index is 13.6. The highest BCUT2D eigenvalue weighted by molar-refractivity contribution is 6.32. The van der Waals surface area contributed by atoms with E-state index in [1.807, 2.05) is 0 Å². The SMILES string of the molecule is CCOc1c(Cl)ccc(C(C)O)c1F. The molecular weight excluding hydrogens is 207 g/mol. The van der Waals surface area contributed by atoms with Gasteiger partial charge in [0.1, 0.15) is 0 Å². The Morgan fingerprint density at radius 2 is 2.21 bits per heavy atom. The van der Waals surface area contributed by atoms with E-state index in [1.54, 1.807) is 6.92 Å². The lowest BCUT2D eigenvalue weighted by atomic mass is 10.1. The second-order valence-corrected chi connectivity index (χ2v) is 3.30. The smallest absolute Gasteiger partial charge is 0.173 e. The fraction of sp³-hybridized carbons (Fsp3) is 0.400. The first-order chi connectivity index (χ1) is 6.57. The Hall–Kier alpha value is -0.800. The fourth-order valence-electron chi connectivity index (χ4n) is 1.15. The predicted octanol–water partition coefficient (Wildman–Crippen LogP) is 2.93. The Labute approximate surface area is 87.3 Å². The minimum atomic E-state index is -0.869. The van der Waals surface area contributed by atoms with Crippen molar-refractivity contribution in [1.29, 1.82) is 0 Å². The zero-order valence-corrected chi connectivity index (χ0v) is 8.81. The lowest BCUT2D eigenvalue weighted by Crippen LogP contribution is -2.01. The molecule has 0 aliphatic rings. The minimum absolute atomic E-state index is 0.00701. The zero-order chi connectivity index (χ0) is 10.7. The van der Waals surface area contributed by atoms with Gasteiger partial charge >= 0.3 is 0 Å². The first kappa shape index (κ1) is 11.3. The third-order valence-electron chi connectivity index (χ3n) is 1.82. The van der Waals surface area contributed by atoms with Crippen molar-refractivity contribution >= 4 is 11.6 Å². The van der Waals surface area contributed by atoms with Crippen molar-refractivity contribution in [2.24, 2.45) is 0 Å². The van der Waals surface area contributed by atoms with Crippen LogP contribution in [0.4, 0.5) is 4.39 Å². The number of halogens is 2. The van der Waals surface area contributed by atoms with Gasteiger partial charge in [0.25, 0.3) is 0 Å². The van der Waals surface area contributed by atoms with Crippen LogP contribution in [0.3, 0.4) is 0 Å². The maximum absolute atomic E-state index is 13.6. The van der Waals surface area contributed by atoms with E-state index in [0.717, 1.165) is 0 Å². The molecule has 0 spiro atoms. The van der Waals surface area contributed by atoms with Crippen LogP contribution in [0.2, 0.25) is 5.02 Å². The summed E-state index contributed by atoms with van der Waals surface area (Å²) in [7, 11) is 0. The average Bonchev–Trinajstić information content (AvgIpc) is 2.11. The summed E-state index contributed by atoms with van der Waals surface area (Å²) in [6, 6.07) is 2.96. The van der Waals surface area contributed by atoms with E-state index in [4.69, 9.17) is 16.3 Å². The van der Waals surface area contributed by atoms with E-state index in [1.165, 1.54) is 19.1 Å². The van der Waals surface area contributed by atoms with Crippen molar-refractivity contribution in [1.82, 2.24) is 0 Å². The van der Waals surface area contributed by atoms with Crippen LogP contribution in [0.15, 0.2) is 12.1 Å². The molecule has 4 heteroatoms. The molecule has 0 radical (unpaired) electrons. The second kappa shape index (κ2) is 4.62. The summed E-state index contributed by atoms with van der Waals surface area (Å²) >= 11 is 5.74. The standard InChI is InChI=1S/C10H12ClFO2/c1-3-14-10-8(11)5-4-7(6(2)13)9(10)12/h4-6,13H,3H2,1-2H3. The Morgan fingerprint density at radius 1 is 1.57 bits per heavy atom. The molecule has 1 atom stereocenters. The number of rotatable bonds is 3. The molecule has 1 aromatic rings. The van der Waals surface area contributed by atoms with Gasteiger partial charge in [-0.05, 0) is 19.9 Å². The highest BCUT2D eigenvalue weighted by Crippen LogP contribution is 2.32. The Bertz CT molecular complexity index is 326. The second-order valence-electron chi connectivity index (χ2n) is 2.89. The molecule has 0 amide bonds. The van der Waals surface area contributed by atoms with Gasteiger partial charge in [-0.15, -0.1) is 0 Å². The molecule has 78 valence electrons. The molecule has 1 N–H and O–H groups in total. The van der Waals surface area contributed by atoms with Crippen molar-refractivity contribution in [3.8, 4) is 5.75 Å². The van der Waals surface area contributed by atoms with Crippen LogP contribution < -0.4 is 4.74 Å². The topological polar surface area (TPSA) is 29.5 Å². The van der Waals surface area contributed by atoms with Crippen LogP contribution in [0, 0.1) is 5.82 Å². The van der Waals surface area contributed by atoms with Gasteiger partial charge in [-0.25, -0.2) is 4.39 Å². The van der Waals surface area contributed by atoms with Crippen LogP contribution in [0.5, 0.6) is 5.75 Å². The van der Waals surface area contributed by atoms with E-state index in [2.05, 4.69) is 0 Å². The van der Waals surface area contributed by atoms with Gasteiger partial charge in [-0.2, -0.15) is 0 Å². The molecule has 1 unspecified atom stereocenters. The molecule has 1 rings (SSSR count). The molecule has 0 bridgehead atoms. The summed E-state index contributed by atoms with van der Waals surface area (Å²) in [5.41, 5.74) is 0.192. The van der Waals surface area contributed by atoms with Gasteiger partial charge in [0.15, 0.2) is 11.6 Å².